The third kappa shape index (κ3) is 5.85. The Morgan fingerprint density at radius 3 is 2.47 bits per heavy atom. The topological polar surface area (TPSA) is 23.6 Å². The van der Waals surface area contributed by atoms with Gasteiger partial charge < -0.3 is 4.90 Å². The minimum atomic E-state index is 0.180. The molecule has 19 heavy (non-hydrogen) atoms. The third-order valence-electron chi connectivity index (χ3n) is 3.07. The van der Waals surface area contributed by atoms with E-state index in [2.05, 4.69) is 46.7 Å². The first kappa shape index (κ1) is 16.3. The standard InChI is InChI=1S/C15H23BrN2O/c1-4-18(11-7-10-17(2)3)12-15(19)13-8-5-6-9-14(13)16/h5-6,8-9H,4,7,10-12H2,1-3H3. The Morgan fingerprint density at radius 1 is 1.21 bits per heavy atom. The second-order valence-electron chi connectivity index (χ2n) is 4.93. The van der Waals surface area contributed by atoms with E-state index in [0.29, 0.717) is 6.54 Å². The molecule has 0 saturated heterocycles. The molecule has 4 heteroatoms. The number of hydrogen-bond acceptors (Lipinski definition) is 3. The summed E-state index contributed by atoms with van der Waals surface area (Å²) in [5.41, 5.74) is 0.772. The molecule has 1 aromatic carbocycles. The van der Waals surface area contributed by atoms with E-state index in [-0.39, 0.29) is 5.78 Å². The molecule has 0 aliphatic heterocycles. The van der Waals surface area contributed by atoms with Crippen molar-refractivity contribution >= 4 is 21.7 Å². The summed E-state index contributed by atoms with van der Waals surface area (Å²) < 4.78 is 0.879. The molecule has 0 aliphatic carbocycles. The number of likely N-dealkylation sites (N-methyl/N-ethyl adjacent to an activating group) is 1. The van der Waals surface area contributed by atoms with Crippen molar-refractivity contribution in [1.82, 2.24) is 9.80 Å². The Kier molecular flexibility index (Phi) is 7.28. The van der Waals surface area contributed by atoms with E-state index in [1.54, 1.807) is 0 Å². The van der Waals surface area contributed by atoms with E-state index in [1.807, 2.05) is 24.3 Å². The molecule has 106 valence electrons. The molecule has 0 unspecified atom stereocenters. The third-order valence-corrected chi connectivity index (χ3v) is 3.76. The number of carbonyl (C=O) groups is 1. The van der Waals surface area contributed by atoms with Crippen molar-refractivity contribution in [3.63, 3.8) is 0 Å². The highest BCUT2D eigenvalue weighted by Gasteiger charge is 2.13. The molecular weight excluding hydrogens is 304 g/mol. The fourth-order valence-electron chi connectivity index (χ4n) is 1.94. The van der Waals surface area contributed by atoms with Crippen molar-refractivity contribution in [2.75, 3.05) is 40.3 Å². The first-order chi connectivity index (χ1) is 9.04. The largest absolute Gasteiger partial charge is 0.309 e. The number of rotatable bonds is 8. The van der Waals surface area contributed by atoms with Gasteiger partial charge in [0.05, 0.1) is 6.54 Å². The van der Waals surface area contributed by atoms with Crippen LogP contribution in [0.5, 0.6) is 0 Å². The average Bonchev–Trinajstić information content (AvgIpc) is 2.37. The lowest BCUT2D eigenvalue weighted by atomic mass is 10.1. The second kappa shape index (κ2) is 8.46. The van der Waals surface area contributed by atoms with Crippen molar-refractivity contribution in [2.24, 2.45) is 0 Å². The predicted octanol–water partition coefficient (Wildman–Crippen LogP) is 2.91. The molecule has 0 radical (unpaired) electrons. The van der Waals surface area contributed by atoms with Gasteiger partial charge in [-0.3, -0.25) is 9.69 Å². The van der Waals surface area contributed by atoms with Crippen LogP contribution in [0.1, 0.15) is 23.7 Å². The molecule has 1 rings (SSSR count). The Bertz CT molecular complexity index is 407. The van der Waals surface area contributed by atoms with Crippen LogP contribution in [-0.2, 0) is 0 Å². The monoisotopic (exact) mass is 326 g/mol. The summed E-state index contributed by atoms with van der Waals surface area (Å²) in [4.78, 5) is 16.6. The molecule has 0 aromatic heterocycles. The molecule has 3 nitrogen and oxygen atoms in total. The molecular formula is C15H23BrN2O. The van der Waals surface area contributed by atoms with Crippen LogP contribution in [0.25, 0.3) is 0 Å². The first-order valence-corrected chi connectivity index (χ1v) is 7.48. The highest BCUT2D eigenvalue weighted by atomic mass is 79.9. The van der Waals surface area contributed by atoms with Gasteiger partial charge in [0.15, 0.2) is 5.78 Å². The van der Waals surface area contributed by atoms with E-state index in [4.69, 9.17) is 0 Å². The van der Waals surface area contributed by atoms with Crippen LogP contribution in [0.15, 0.2) is 28.7 Å². The van der Waals surface area contributed by atoms with Gasteiger partial charge in [0.1, 0.15) is 0 Å². The Balaban J connectivity index is 2.51. The van der Waals surface area contributed by atoms with E-state index >= 15 is 0 Å². The van der Waals surface area contributed by atoms with E-state index < -0.39 is 0 Å². The molecule has 0 N–H and O–H groups in total. The van der Waals surface area contributed by atoms with Gasteiger partial charge in [-0.15, -0.1) is 0 Å². The quantitative estimate of drug-likeness (QED) is 0.686. The zero-order valence-electron chi connectivity index (χ0n) is 12.0. The summed E-state index contributed by atoms with van der Waals surface area (Å²) in [5.74, 6) is 0.180. The highest BCUT2D eigenvalue weighted by molar-refractivity contribution is 9.10. The van der Waals surface area contributed by atoms with Gasteiger partial charge in [0.25, 0.3) is 0 Å². The number of Topliss-reactive ketones (excluding diaryl/α,β-unsaturated/α-hetero) is 1. The molecule has 0 amide bonds. The van der Waals surface area contributed by atoms with Crippen LogP contribution in [-0.4, -0.2) is 55.9 Å². The van der Waals surface area contributed by atoms with Crippen molar-refractivity contribution in [3.8, 4) is 0 Å². The number of halogens is 1. The highest BCUT2D eigenvalue weighted by Crippen LogP contribution is 2.16. The van der Waals surface area contributed by atoms with Crippen molar-refractivity contribution in [3.05, 3.63) is 34.3 Å². The van der Waals surface area contributed by atoms with Crippen LogP contribution in [0.3, 0.4) is 0 Å². The van der Waals surface area contributed by atoms with Crippen molar-refractivity contribution in [1.29, 1.82) is 0 Å². The molecule has 0 saturated carbocycles. The Hall–Kier alpha value is -0.710. The predicted molar refractivity (Wildman–Crippen MR) is 83.8 cm³/mol. The van der Waals surface area contributed by atoms with E-state index in [1.165, 1.54) is 0 Å². The fourth-order valence-corrected chi connectivity index (χ4v) is 2.44. The summed E-state index contributed by atoms with van der Waals surface area (Å²) in [6.07, 6.45) is 1.09. The molecule has 0 bridgehead atoms. The van der Waals surface area contributed by atoms with Crippen molar-refractivity contribution < 1.29 is 4.79 Å². The number of benzene rings is 1. The summed E-state index contributed by atoms with van der Waals surface area (Å²) >= 11 is 3.43. The van der Waals surface area contributed by atoms with Crippen molar-refractivity contribution in [2.45, 2.75) is 13.3 Å². The van der Waals surface area contributed by atoms with Crippen LogP contribution in [0.2, 0.25) is 0 Å². The Labute approximate surface area is 124 Å². The van der Waals surface area contributed by atoms with E-state index in [0.717, 1.165) is 36.1 Å². The zero-order valence-corrected chi connectivity index (χ0v) is 13.6. The molecule has 0 fully saturated rings. The SMILES string of the molecule is CCN(CCCN(C)C)CC(=O)c1ccccc1Br. The smallest absolute Gasteiger partial charge is 0.177 e. The molecule has 0 aliphatic rings. The van der Waals surface area contributed by atoms with Crippen LogP contribution >= 0.6 is 15.9 Å². The van der Waals surface area contributed by atoms with Gasteiger partial charge in [-0.1, -0.05) is 41.1 Å². The molecule has 0 spiro atoms. The maximum atomic E-state index is 12.2. The molecule has 0 atom stereocenters. The Morgan fingerprint density at radius 2 is 1.89 bits per heavy atom. The maximum absolute atomic E-state index is 12.2. The van der Waals surface area contributed by atoms with E-state index in [9.17, 15) is 4.79 Å². The molecule has 0 heterocycles. The first-order valence-electron chi connectivity index (χ1n) is 6.69. The maximum Gasteiger partial charge on any atom is 0.177 e. The normalized spacial score (nSPS) is 11.3. The summed E-state index contributed by atoms with van der Waals surface area (Å²) in [7, 11) is 4.14. The van der Waals surface area contributed by atoms with Gasteiger partial charge in [-0.25, -0.2) is 0 Å². The number of nitrogens with zero attached hydrogens (tertiary/aromatic N) is 2. The lowest BCUT2D eigenvalue weighted by molar-refractivity contribution is 0.0931. The summed E-state index contributed by atoms with van der Waals surface area (Å²) in [5, 5.41) is 0. The van der Waals surface area contributed by atoms with Gasteiger partial charge in [-0.2, -0.15) is 0 Å². The number of hydrogen-bond donors (Lipinski definition) is 0. The average molecular weight is 327 g/mol. The molecule has 1 aromatic rings. The van der Waals surface area contributed by atoms with Crippen LogP contribution < -0.4 is 0 Å². The minimum absolute atomic E-state index is 0.180. The number of ketones is 1. The van der Waals surface area contributed by atoms with Gasteiger partial charge in [0, 0.05) is 10.0 Å². The lowest BCUT2D eigenvalue weighted by Gasteiger charge is -2.20. The van der Waals surface area contributed by atoms with Gasteiger partial charge in [0.2, 0.25) is 0 Å². The minimum Gasteiger partial charge on any atom is -0.309 e. The van der Waals surface area contributed by atoms with Crippen LogP contribution in [0, 0.1) is 0 Å². The summed E-state index contributed by atoms with van der Waals surface area (Å²) in [6.45, 7) is 5.52. The fraction of sp³-hybridized carbons (Fsp3) is 0.533. The zero-order chi connectivity index (χ0) is 14.3. The number of carbonyl (C=O) groups excluding carboxylic acids is 1. The van der Waals surface area contributed by atoms with Gasteiger partial charge in [-0.05, 0) is 46.2 Å². The van der Waals surface area contributed by atoms with Gasteiger partial charge >= 0.3 is 0 Å². The van der Waals surface area contributed by atoms with Crippen LogP contribution in [0.4, 0.5) is 0 Å². The second-order valence-corrected chi connectivity index (χ2v) is 5.78. The summed E-state index contributed by atoms with van der Waals surface area (Å²) in [6, 6.07) is 7.62. The lowest BCUT2D eigenvalue weighted by Crippen LogP contribution is -2.32.